The van der Waals surface area contributed by atoms with E-state index in [9.17, 15) is 4.79 Å². The van der Waals surface area contributed by atoms with Gasteiger partial charge in [0.1, 0.15) is 11.1 Å². The summed E-state index contributed by atoms with van der Waals surface area (Å²) in [5.41, 5.74) is 0.979. The first-order valence-electron chi connectivity index (χ1n) is 7.72. The number of thiazole rings is 1. The van der Waals surface area contributed by atoms with E-state index < -0.39 is 0 Å². The number of para-hydroxylation sites is 1. The van der Waals surface area contributed by atoms with Crippen LogP contribution >= 0.6 is 34.7 Å². The van der Waals surface area contributed by atoms with Crippen molar-refractivity contribution in [1.29, 1.82) is 0 Å². The van der Waals surface area contributed by atoms with Gasteiger partial charge in [-0.05, 0) is 24.3 Å². The molecule has 0 saturated carbocycles. The molecule has 0 unspecified atom stereocenters. The number of nitrogens with zero attached hydrogens (tertiary/aromatic N) is 3. The molecule has 1 amide bonds. The Balaban J connectivity index is 1.26. The van der Waals surface area contributed by atoms with Gasteiger partial charge in [0.2, 0.25) is 11.8 Å². The summed E-state index contributed by atoms with van der Waals surface area (Å²) >= 11 is 9.12. The lowest BCUT2D eigenvalue weighted by Crippen LogP contribution is -2.56. The van der Waals surface area contributed by atoms with Crippen molar-refractivity contribution in [2.24, 2.45) is 0 Å². The smallest absolute Gasteiger partial charge is 0.233 e. The number of fused-ring (bicyclic) bond motifs is 1. The summed E-state index contributed by atoms with van der Waals surface area (Å²) in [5.74, 6) is 0.901. The van der Waals surface area contributed by atoms with Crippen molar-refractivity contribution >= 4 is 50.8 Å². The van der Waals surface area contributed by atoms with Crippen LogP contribution in [-0.2, 0) is 4.79 Å². The lowest BCUT2D eigenvalue weighted by molar-refractivity contribution is -0.137. The fourth-order valence-electron chi connectivity index (χ4n) is 2.46. The molecule has 1 aliphatic rings. The maximum Gasteiger partial charge on any atom is 0.233 e. The quantitative estimate of drug-likeness (QED) is 0.620. The van der Waals surface area contributed by atoms with Gasteiger partial charge in [-0.15, -0.1) is 11.3 Å². The van der Waals surface area contributed by atoms with Gasteiger partial charge in [-0.2, -0.15) is 0 Å². The third kappa shape index (κ3) is 3.73. The van der Waals surface area contributed by atoms with Crippen molar-refractivity contribution < 1.29 is 9.53 Å². The minimum Gasteiger partial charge on any atom is -0.470 e. The molecule has 3 heterocycles. The molecule has 25 heavy (non-hydrogen) atoms. The van der Waals surface area contributed by atoms with Gasteiger partial charge in [0.05, 0.1) is 29.1 Å². The van der Waals surface area contributed by atoms with Gasteiger partial charge >= 0.3 is 0 Å². The highest BCUT2D eigenvalue weighted by Gasteiger charge is 2.32. The Morgan fingerprint density at radius 1 is 1.32 bits per heavy atom. The Bertz CT molecular complexity index is 879. The highest BCUT2D eigenvalue weighted by atomic mass is 35.5. The largest absolute Gasteiger partial charge is 0.470 e. The van der Waals surface area contributed by atoms with Gasteiger partial charge in [0.25, 0.3) is 0 Å². The number of rotatable bonds is 5. The number of halogens is 1. The molecule has 0 radical (unpaired) electrons. The number of amides is 1. The van der Waals surface area contributed by atoms with Crippen LogP contribution in [0.25, 0.3) is 10.2 Å². The van der Waals surface area contributed by atoms with Gasteiger partial charge in [0, 0.05) is 6.20 Å². The number of carbonyl (C=O) groups is 1. The molecular formula is C17H14ClN3O2S2. The molecule has 128 valence electrons. The SMILES string of the molecule is O=C(CSc1nc2ccccc2s1)N1CC(Oc2ncccc2Cl)C1. The number of aromatic nitrogens is 2. The van der Waals surface area contributed by atoms with E-state index in [4.69, 9.17) is 16.3 Å². The normalized spacial score (nSPS) is 14.5. The van der Waals surface area contributed by atoms with Gasteiger partial charge in [-0.25, -0.2) is 9.97 Å². The van der Waals surface area contributed by atoms with Crippen molar-refractivity contribution in [2.75, 3.05) is 18.8 Å². The Kier molecular flexibility index (Phi) is 4.78. The third-order valence-electron chi connectivity index (χ3n) is 3.80. The minimum absolute atomic E-state index is 0.0520. The Hall–Kier alpha value is -1.83. The molecule has 0 bridgehead atoms. The fraction of sp³-hybridized carbons (Fsp3) is 0.235. The zero-order chi connectivity index (χ0) is 17.2. The fourth-order valence-corrected chi connectivity index (χ4v) is 4.60. The Labute approximate surface area is 158 Å². The first-order valence-corrected chi connectivity index (χ1v) is 9.90. The number of carbonyl (C=O) groups excluding carboxylic acids is 1. The lowest BCUT2D eigenvalue weighted by Gasteiger charge is -2.38. The van der Waals surface area contributed by atoms with Gasteiger partial charge < -0.3 is 9.64 Å². The van der Waals surface area contributed by atoms with Crippen LogP contribution in [-0.4, -0.2) is 45.7 Å². The molecule has 4 rings (SSSR count). The first-order chi connectivity index (χ1) is 12.2. The number of hydrogen-bond acceptors (Lipinski definition) is 6. The summed E-state index contributed by atoms with van der Waals surface area (Å²) < 4.78 is 7.77. The molecule has 2 aromatic heterocycles. The van der Waals surface area contributed by atoms with Crippen LogP contribution < -0.4 is 4.74 Å². The van der Waals surface area contributed by atoms with Crippen molar-refractivity contribution in [3.8, 4) is 5.88 Å². The van der Waals surface area contributed by atoms with Gasteiger partial charge in [-0.1, -0.05) is 35.5 Å². The molecule has 0 spiro atoms. The highest BCUT2D eigenvalue weighted by molar-refractivity contribution is 8.01. The van der Waals surface area contributed by atoms with Crippen molar-refractivity contribution in [1.82, 2.24) is 14.9 Å². The number of benzene rings is 1. The van der Waals surface area contributed by atoms with Gasteiger partial charge in [0.15, 0.2) is 4.34 Å². The Morgan fingerprint density at radius 2 is 2.16 bits per heavy atom. The van der Waals surface area contributed by atoms with Crippen LogP contribution in [0.4, 0.5) is 0 Å². The van der Waals surface area contributed by atoms with Crippen molar-refractivity contribution in [3.63, 3.8) is 0 Å². The second-order valence-corrected chi connectivity index (χ2v) is 8.23. The summed E-state index contributed by atoms with van der Waals surface area (Å²) in [6.07, 6.45) is 1.58. The number of likely N-dealkylation sites (tertiary alicyclic amines) is 1. The van der Waals surface area contributed by atoms with E-state index in [2.05, 4.69) is 9.97 Å². The number of pyridine rings is 1. The molecule has 0 N–H and O–H groups in total. The van der Waals surface area contributed by atoms with Crippen molar-refractivity contribution in [2.45, 2.75) is 10.4 Å². The maximum absolute atomic E-state index is 12.3. The Morgan fingerprint density at radius 3 is 2.96 bits per heavy atom. The molecule has 8 heteroatoms. The van der Waals surface area contributed by atoms with Gasteiger partial charge in [-0.3, -0.25) is 4.79 Å². The van der Waals surface area contributed by atoms with Crippen molar-refractivity contribution in [3.05, 3.63) is 47.6 Å². The zero-order valence-corrected chi connectivity index (χ0v) is 15.5. The summed E-state index contributed by atoms with van der Waals surface area (Å²) in [4.78, 5) is 22.7. The van der Waals surface area contributed by atoms with E-state index in [1.165, 1.54) is 11.8 Å². The monoisotopic (exact) mass is 391 g/mol. The molecular weight excluding hydrogens is 378 g/mol. The zero-order valence-electron chi connectivity index (χ0n) is 13.1. The summed E-state index contributed by atoms with van der Waals surface area (Å²) in [5, 5.41) is 0.485. The maximum atomic E-state index is 12.3. The second-order valence-electron chi connectivity index (χ2n) is 5.57. The predicted octanol–water partition coefficient (Wildman–Crippen LogP) is 3.73. The number of thioether (sulfide) groups is 1. The van der Waals surface area contributed by atoms with Crippen LogP contribution in [0, 0.1) is 0 Å². The molecule has 1 fully saturated rings. The second kappa shape index (κ2) is 7.19. The standard InChI is InChI=1S/C17H14ClN3O2S2/c18-12-4-3-7-19-16(12)23-11-8-21(9-11)15(22)10-24-17-20-13-5-1-2-6-14(13)25-17/h1-7,11H,8-10H2. The molecule has 0 aliphatic carbocycles. The van der Waals surface area contributed by atoms with E-state index in [1.54, 1.807) is 34.6 Å². The van der Waals surface area contributed by atoms with Crippen LogP contribution in [0.15, 0.2) is 46.9 Å². The van der Waals surface area contributed by atoms with Crippen LogP contribution in [0.5, 0.6) is 5.88 Å². The minimum atomic E-state index is -0.0520. The van der Waals surface area contributed by atoms with Crippen LogP contribution in [0.3, 0.4) is 0 Å². The molecule has 1 aliphatic heterocycles. The van der Waals surface area contributed by atoms with E-state index in [0.29, 0.717) is 29.7 Å². The van der Waals surface area contributed by atoms with E-state index in [-0.39, 0.29) is 12.0 Å². The van der Waals surface area contributed by atoms with Crippen LogP contribution in [0.1, 0.15) is 0 Å². The molecule has 5 nitrogen and oxygen atoms in total. The molecule has 1 aromatic carbocycles. The summed E-state index contributed by atoms with van der Waals surface area (Å²) in [6, 6.07) is 11.5. The third-order valence-corrected chi connectivity index (χ3v) is 6.25. The number of hydrogen-bond donors (Lipinski definition) is 0. The first kappa shape index (κ1) is 16.6. The average Bonchev–Trinajstić information content (AvgIpc) is 3.00. The molecule has 3 aromatic rings. The van der Waals surface area contributed by atoms with Crippen LogP contribution in [0.2, 0.25) is 5.02 Å². The van der Waals surface area contributed by atoms with E-state index in [0.717, 1.165) is 14.6 Å². The number of ether oxygens (including phenoxy) is 1. The predicted molar refractivity (Wildman–Crippen MR) is 101 cm³/mol. The lowest BCUT2D eigenvalue weighted by atomic mass is 10.2. The molecule has 1 saturated heterocycles. The topological polar surface area (TPSA) is 55.3 Å². The summed E-state index contributed by atoms with van der Waals surface area (Å²) in [7, 11) is 0. The average molecular weight is 392 g/mol. The molecule has 0 atom stereocenters. The van der Waals surface area contributed by atoms with E-state index in [1.807, 2.05) is 24.3 Å². The van der Waals surface area contributed by atoms with E-state index >= 15 is 0 Å². The summed E-state index contributed by atoms with van der Waals surface area (Å²) in [6.45, 7) is 1.12. The highest BCUT2D eigenvalue weighted by Crippen LogP contribution is 2.30.